The minimum absolute atomic E-state index is 0.0184. The minimum Gasteiger partial charge on any atom is -0.496 e. The molecule has 0 saturated carbocycles. The first-order valence-corrected chi connectivity index (χ1v) is 7.70. The summed E-state index contributed by atoms with van der Waals surface area (Å²) >= 11 is 0. The normalized spacial score (nSPS) is 19.9. The van der Waals surface area contributed by atoms with Gasteiger partial charge in [0.05, 0.1) is 13.2 Å². The van der Waals surface area contributed by atoms with Crippen LogP contribution in [0.4, 0.5) is 0 Å². The van der Waals surface area contributed by atoms with E-state index in [1.807, 2.05) is 6.92 Å². The van der Waals surface area contributed by atoms with E-state index in [0.29, 0.717) is 26.2 Å². The highest BCUT2D eigenvalue weighted by atomic mass is 16.5. The van der Waals surface area contributed by atoms with Crippen molar-refractivity contribution in [2.24, 2.45) is 0 Å². The van der Waals surface area contributed by atoms with Crippen LogP contribution in [0.3, 0.4) is 0 Å². The van der Waals surface area contributed by atoms with Crippen LogP contribution < -0.4 is 4.74 Å². The van der Waals surface area contributed by atoms with Gasteiger partial charge in [-0.25, -0.2) is 0 Å². The summed E-state index contributed by atoms with van der Waals surface area (Å²) in [6, 6.07) is 4.24. The largest absolute Gasteiger partial charge is 0.496 e. The molecule has 1 fully saturated rings. The first-order valence-electron chi connectivity index (χ1n) is 7.70. The molecule has 1 aromatic rings. The number of β-amino-alcohol motifs (C(OH)–C–C–N with tert-alkyl or cyclic N) is 1. The zero-order valence-electron chi connectivity index (χ0n) is 13.9. The Hall–Kier alpha value is -1.59. The quantitative estimate of drug-likeness (QED) is 0.915. The minimum atomic E-state index is -0.511. The lowest BCUT2D eigenvalue weighted by atomic mass is 10.0. The van der Waals surface area contributed by atoms with Gasteiger partial charge in [0.15, 0.2) is 0 Å². The molecule has 1 amide bonds. The standard InChI is InChI=1S/C17H26N2O3/c1-12-7-13(2)17(22-4)15(8-12)9-18-5-6-19(14(3)20)11-16(21)10-18/h7-8,16,21H,5-6,9-11H2,1-4H3/t16-/m0/s1. The van der Waals surface area contributed by atoms with E-state index in [1.54, 1.807) is 18.9 Å². The molecule has 122 valence electrons. The lowest BCUT2D eigenvalue weighted by Gasteiger charge is -2.23. The Morgan fingerprint density at radius 3 is 2.68 bits per heavy atom. The molecule has 0 unspecified atom stereocenters. The fourth-order valence-electron chi connectivity index (χ4n) is 3.18. The molecule has 1 N–H and O–H groups in total. The van der Waals surface area contributed by atoms with Gasteiger partial charge in [0.25, 0.3) is 0 Å². The lowest BCUT2D eigenvalue weighted by Crippen LogP contribution is -2.36. The van der Waals surface area contributed by atoms with Crippen molar-refractivity contribution < 1.29 is 14.6 Å². The van der Waals surface area contributed by atoms with Crippen molar-refractivity contribution >= 4 is 5.91 Å². The van der Waals surface area contributed by atoms with Crippen LogP contribution >= 0.6 is 0 Å². The van der Waals surface area contributed by atoms with Gasteiger partial charge < -0.3 is 14.7 Å². The molecule has 1 saturated heterocycles. The number of aliphatic hydroxyl groups is 1. The van der Waals surface area contributed by atoms with E-state index in [2.05, 4.69) is 24.0 Å². The van der Waals surface area contributed by atoms with Crippen molar-refractivity contribution in [3.8, 4) is 5.75 Å². The van der Waals surface area contributed by atoms with E-state index in [4.69, 9.17) is 4.74 Å². The molecule has 0 radical (unpaired) electrons. The predicted molar refractivity (Wildman–Crippen MR) is 86.0 cm³/mol. The average molecular weight is 306 g/mol. The summed E-state index contributed by atoms with van der Waals surface area (Å²) in [7, 11) is 1.69. The fraction of sp³-hybridized carbons (Fsp3) is 0.588. The molecule has 1 atom stereocenters. The predicted octanol–water partition coefficient (Wildman–Crippen LogP) is 1.34. The summed E-state index contributed by atoms with van der Waals surface area (Å²) in [6.45, 7) is 8.78. The molecule has 5 heteroatoms. The number of ether oxygens (including phenoxy) is 1. The highest BCUT2D eigenvalue weighted by Gasteiger charge is 2.23. The van der Waals surface area contributed by atoms with Crippen molar-refractivity contribution in [2.75, 3.05) is 33.3 Å². The Morgan fingerprint density at radius 2 is 2.05 bits per heavy atom. The van der Waals surface area contributed by atoms with E-state index in [9.17, 15) is 9.90 Å². The number of benzene rings is 1. The van der Waals surface area contributed by atoms with Gasteiger partial charge in [-0.05, 0) is 19.4 Å². The van der Waals surface area contributed by atoms with Crippen LogP contribution in [0.5, 0.6) is 5.75 Å². The Balaban J connectivity index is 2.15. The van der Waals surface area contributed by atoms with E-state index < -0.39 is 6.10 Å². The topological polar surface area (TPSA) is 53.0 Å². The molecule has 0 aliphatic carbocycles. The first kappa shape index (κ1) is 16.8. The SMILES string of the molecule is COc1c(C)cc(C)cc1CN1CCN(C(C)=O)C[C@@H](O)C1. The third-order valence-electron chi connectivity index (χ3n) is 4.13. The van der Waals surface area contributed by atoms with Crippen LogP contribution in [0, 0.1) is 13.8 Å². The van der Waals surface area contributed by atoms with Gasteiger partial charge >= 0.3 is 0 Å². The molecule has 0 aromatic heterocycles. The Morgan fingerprint density at radius 1 is 1.32 bits per heavy atom. The molecule has 5 nitrogen and oxygen atoms in total. The molecule has 1 aliphatic rings. The van der Waals surface area contributed by atoms with Crippen molar-refractivity contribution in [1.29, 1.82) is 0 Å². The second kappa shape index (κ2) is 7.11. The summed E-state index contributed by atoms with van der Waals surface area (Å²) in [5.74, 6) is 0.928. The van der Waals surface area contributed by atoms with Gasteiger partial charge in [0.1, 0.15) is 5.75 Å². The van der Waals surface area contributed by atoms with Gasteiger partial charge in [-0.1, -0.05) is 17.7 Å². The van der Waals surface area contributed by atoms with Crippen LogP contribution in [0.15, 0.2) is 12.1 Å². The Kier molecular flexibility index (Phi) is 5.42. The molecule has 0 spiro atoms. The smallest absolute Gasteiger partial charge is 0.219 e. The number of aliphatic hydroxyl groups excluding tert-OH is 1. The second-order valence-corrected chi connectivity index (χ2v) is 6.13. The summed E-state index contributed by atoms with van der Waals surface area (Å²) in [5, 5.41) is 10.1. The summed E-state index contributed by atoms with van der Waals surface area (Å²) in [5.41, 5.74) is 3.45. The maximum Gasteiger partial charge on any atom is 0.219 e. The average Bonchev–Trinajstić information content (AvgIpc) is 2.60. The summed E-state index contributed by atoms with van der Waals surface area (Å²) in [6.07, 6.45) is -0.511. The molecule has 1 aromatic carbocycles. The maximum absolute atomic E-state index is 11.5. The number of hydrogen-bond acceptors (Lipinski definition) is 4. The van der Waals surface area contributed by atoms with Crippen LogP contribution in [0.25, 0.3) is 0 Å². The zero-order valence-corrected chi connectivity index (χ0v) is 13.9. The van der Waals surface area contributed by atoms with E-state index in [0.717, 1.165) is 23.4 Å². The maximum atomic E-state index is 11.5. The molecule has 1 aliphatic heterocycles. The van der Waals surface area contributed by atoms with Gasteiger partial charge in [0.2, 0.25) is 5.91 Å². The van der Waals surface area contributed by atoms with Crippen molar-refractivity contribution in [1.82, 2.24) is 9.80 Å². The first-order chi connectivity index (χ1) is 10.4. The van der Waals surface area contributed by atoms with Crippen LogP contribution in [-0.4, -0.2) is 60.2 Å². The number of nitrogens with zero attached hydrogens (tertiary/aromatic N) is 2. The summed E-state index contributed by atoms with van der Waals surface area (Å²) < 4.78 is 5.54. The van der Waals surface area contributed by atoms with Gasteiger partial charge in [-0.3, -0.25) is 9.69 Å². The van der Waals surface area contributed by atoms with Gasteiger partial charge in [-0.15, -0.1) is 0 Å². The molecule has 1 heterocycles. The number of aryl methyl sites for hydroxylation is 2. The van der Waals surface area contributed by atoms with Crippen molar-refractivity contribution in [3.05, 3.63) is 28.8 Å². The number of carbonyl (C=O) groups is 1. The number of carbonyl (C=O) groups excluding carboxylic acids is 1. The van der Waals surface area contributed by atoms with Crippen LogP contribution in [0.2, 0.25) is 0 Å². The van der Waals surface area contributed by atoms with Crippen molar-refractivity contribution in [2.45, 2.75) is 33.4 Å². The molecule has 22 heavy (non-hydrogen) atoms. The fourth-order valence-corrected chi connectivity index (χ4v) is 3.18. The lowest BCUT2D eigenvalue weighted by molar-refractivity contribution is -0.129. The second-order valence-electron chi connectivity index (χ2n) is 6.13. The zero-order chi connectivity index (χ0) is 16.3. The van der Waals surface area contributed by atoms with Crippen LogP contribution in [-0.2, 0) is 11.3 Å². The molecular weight excluding hydrogens is 280 g/mol. The molecule has 0 bridgehead atoms. The monoisotopic (exact) mass is 306 g/mol. The summed E-state index contributed by atoms with van der Waals surface area (Å²) in [4.78, 5) is 15.4. The number of hydrogen-bond donors (Lipinski definition) is 1. The Bertz CT molecular complexity index is 545. The van der Waals surface area contributed by atoms with Crippen LogP contribution in [0.1, 0.15) is 23.6 Å². The van der Waals surface area contributed by atoms with Crippen molar-refractivity contribution in [3.63, 3.8) is 0 Å². The highest BCUT2D eigenvalue weighted by Crippen LogP contribution is 2.26. The number of amides is 1. The van der Waals surface area contributed by atoms with Gasteiger partial charge in [-0.2, -0.15) is 0 Å². The third-order valence-corrected chi connectivity index (χ3v) is 4.13. The third kappa shape index (κ3) is 3.99. The molecular formula is C17H26N2O3. The van der Waals surface area contributed by atoms with Gasteiger partial charge in [0, 0.05) is 45.2 Å². The molecule has 2 rings (SSSR count). The van der Waals surface area contributed by atoms with E-state index in [1.165, 1.54) is 5.56 Å². The number of methoxy groups -OCH3 is 1. The number of rotatable bonds is 3. The van der Waals surface area contributed by atoms with E-state index >= 15 is 0 Å². The van der Waals surface area contributed by atoms with E-state index in [-0.39, 0.29) is 5.91 Å². The highest BCUT2D eigenvalue weighted by molar-refractivity contribution is 5.73. The Labute approximate surface area is 132 Å².